The zero-order chi connectivity index (χ0) is 16.5. The molecule has 24 heavy (non-hydrogen) atoms. The molecule has 7 heteroatoms. The van der Waals surface area contributed by atoms with E-state index in [1.807, 2.05) is 6.07 Å². The van der Waals surface area contributed by atoms with Crippen LogP contribution in [0.25, 0.3) is 21.6 Å². The van der Waals surface area contributed by atoms with Crippen molar-refractivity contribution < 1.29 is 0 Å². The Kier molecular flexibility index (Phi) is 4.35. The molecular formula is C17H18ClN5S. The normalized spacial score (nSPS) is 15.9. The van der Waals surface area contributed by atoms with Crippen LogP contribution in [0.4, 0.5) is 5.82 Å². The van der Waals surface area contributed by atoms with Crippen LogP contribution >= 0.6 is 22.9 Å². The Morgan fingerprint density at radius 2 is 2.00 bits per heavy atom. The van der Waals surface area contributed by atoms with E-state index in [1.165, 1.54) is 37.2 Å². The number of thiophene rings is 1. The van der Waals surface area contributed by atoms with Crippen LogP contribution in [0.2, 0.25) is 5.15 Å². The summed E-state index contributed by atoms with van der Waals surface area (Å²) in [4.78, 5) is 17.8. The van der Waals surface area contributed by atoms with Gasteiger partial charge in [-0.3, -0.25) is 4.90 Å². The van der Waals surface area contributed by atoms with E-state index in [0.29, 0.717) is 16.8 Å². The lowest BCUT2D eigenvalue weighted by atomic mass is 10.1. The molecule has 0 amide bonds. The van der Waals surface area contributed by atoms with Crippen LogP contribution in [0.3, 0.4) is 0 Å². The van der Waals surface area contributed by atoms with Gasteiger partial charge in [0.15, 0.2) is 5.82 Å². The van der Waals surface area contributed by atoms with Crippen LogP contribution < -0.4 is 5.73 Å². The van der Waals surface area contributed by atoms with Gasteiger partial charge in [-0.2, -0.15) is 0 Å². The van der Waals surface area contributed by atoms with E-state index in [9.17, 15) is 0 Å². The van der Waals surface area contributed by atoms with E-state index in [1.54, 1.807) is 23.6 Å². The zero-order valence-corrected chi connectivity index (χ0v) is 14.8. The number of piperidine rings is 1. The van der Waals surface area contributed by atoms with E-state index in [0.717, 1.165) is 22.3 Å². The fraction of sp³-hybridized carbons (Fsp3) is 0.353. The highest BCUT2D eigenvalue weighted by molar-refractivity contribution is 7.18. The second kappa shape index (κ2) is 6.63. The molecule has 1 saturated heterocycles. The molecule has 0 aromatic carbocycles. The molecule has 0 radical (unpaired) electrons. The predicted molar refractivity (Wildman–Crippen MR) is 99.2 cm³/mol. The van der Waals surface area contributed by atoms with Crippen LogP contribution in [-0.4, -0.2) is 32.9 Å². The van der Waals surface area contributed by atoms with Crippen molar-refractivity contribution in [1.29, 1.82) is 0 Å². The topological polar surface area (TPSA) is 67.9 Å². The molecule has 2 N–H and O–H groups in total. The maximum atomic E-state index is 6.17. The number of halogens is 1. The van der Waals surface area contributed by atoms with E-state index in [2.05, 4.69) is 25.9 Å². The number of nitrogen functional groups attached to an aromatic ring is 1. The Morgan fingerprint density at radius 1 is 1.17 bits per heavy atom. The van der Waals surface area contributed by atoms with Gasteiger partial charge >= 0.3 is 0 Å². The molecule has 3 aromatic rings. The average Bonchev–Trinajstić information content (AvgIpc) is 2.99. The first-order chi connectivity index (χ1) is 11.7. The summed E-state index contributed by atoms with van der Waals surface area (Å²) in [5, 5.41) is 1.36. The van der Waals surface area contributed by atoms with Gasteiger partial charge in [0.25, 0.3) is 0 Å². The fourth-order valence-corrected chi connectivity index (χ4v) is 4.33. The Morgan fingerprint density at radius 3 is 2.79 bits per heavy atom. The maximum absolute atomic E-state index is 6.17. The first-order valence-corrected chi connectivity index (χ1v) is 9.29. The summed E-state index contributed by atoms with van der Waals surface area (Å²) in [6.07, 6.45) is 5.58. The number of hydrogen-bond acceptors (Lipinski definition) is 6. The van der Waals surface area contributed by atoms with Crippen LogP contribution in [0.15, 0.2) is 24.4 Å². The Labute approximate surface area is 149 Å². The smallest absolute Gasteiger partial charge is 0.163 e. The number of nitrogens with two attached hydrogens (primary N) is 1. The molecule has 4 rings (SSSR count). The minimum absolute atomic E-state index is 0.423. The summed E-state index contributed by atoms with van der Waals surface area (Å²) in [6, 6.07) is 5.73. The van der Waals surface area contributed by atoms with Crippen molar-refractivity contribution >= 4 is 39.0 Å². The highest BCUT2D eigenvalue weighted by Gasteiger charge is 2.15. The summed E-state index contributed by atoms with van der Waals surface area (Å²) in [5.74, 6) is 1.11. The SMILES string of the molecule is Nc1nc(-c2ccnc(Cl)c2)nc2sc(CN3CCCCC3)cc12. The number of hydrogen-bond donors (Lipinski definition) is 1. The van der Waals surface area contributed by atoms with Gasteiger partial charge in [-0.05, 0) is 44.1 Å². The predicted octanol–water partition coefficient (Wildman–Crippen LogP) is 3.97. The lowest BCUT2D eigenvalue weighted by Gasteiger charge is -2.25. The van der Waals surface area contributed by atoms with Crippen molar-refractivity contribution in [2.45, 2.75) is 25.8 Å². The summed E-state index contributed by atoms with van der Waals surface area (Å²) in [6.45, 7) is 3.32. The second-order valence-corrected chi connectivity index (χ2v) is 7.57. The summed E-state index contributed by atoms with van der Waals surface area (Å²) in [5.41, 5.74) is 7.00. The van der Waals surface area contributed by atoms with Crippen molar-refractivity contribution in [2.24, 2.45) is 0 Å². The number of aromatic nitrogens is 3. The molecule has 1 aliphatic rings. The van der Waals surface area contributed by atoms with Crippen molar-refractivity contribution in [3.63, 3.8) is 0 Å². The molecule has 0 saturated carbocycles. The molecule has 5 nitrogen and oxygen atoms in total. The number of anilines is 1. The monoisotopic (exact) mass is 359 g/mol. The average molecular weight is 360 g/mol. The molecule has 0 spiro atoms. The molecular weight excluding hydrogens is 342 g/mol. The Balaban J connectivity index is 1.67. The highest BCUT2D eigenvalue weighted by atomic mass is 35.5. The molecule has 1 fully saturated rings. The Bertz CT molecular complexity index is 873. The van der Waals surface area contributed by atoms with Crippen LogP contribution in [0, 0.1) is 0 Å². The largest absolute Gasteiger partial charge is 0.383 e. The van der Waals surface area contributed by atoms with Gasteiger partial charge in [0.2, 0.25) is 0 Å². The quantitative estimate of drug-likeness (QED) is 0.716. The molecule has 0 unspecified atom stereocenters. The minimum Gasteiger partial charge on any atom is -0.383 e. The third kappa shape index (κ3) is 3.22. The van der Waals surface area contributed by atoms with Gasteiger partial charge < -0.3 is 5.73 Å². The molecule has 4 heterocycles. The van der Waals surface area contributed by atoms with Crippen LogP contribution in [0.5, 0.6) is 0 Å². The van der Waals surface area contributed by atoms with E-state index < -0.39 is 0 Å². The molecule has 0 aliphatic carbocycles. The van der Waals surface area contributed by atoms with Gasteiger partial charge in [-0.15, -0.1) is 11.3 Å². The highest BCUT2D eigenvalue weighted by Crippen LogP contribution is 2.31. The minimum atomic E-state index is 0.423. The van der Waals surface area contributed by atoms with Gasteiger partial charge in [0.1, 0.15) is 15.8 Å². The van der Waals surface area contributed by atoms with Crippen LogP contribution in [0.1, 0.15) is 24.1 Å². The van der Waals surface area contributed by atoms with Gasteiger partial charge in [0, 0.05) is 23.2 Å². The molecule has 124 valence electrons. The molecule has 0 bridgehead atoms. The third-order valence-electron chi connectivity index (χ3n) is 4.29. The van der Waals surface area contributed by atoms with Crippen LogP contribution in [-0.2, 0) is 6.54 Å². The van der Waals surface area contributed by atoms with Gasteiger partial charge in [0.05, 0.1) is 5.39 Å². The number of pyridine rings is 1. The summed E-state index contributed by atoms with van der Waals surface area (Å²) < 4.78 is 0. The standard InChI is InChI=1S/C17H18ClN5S/c18-14-8-11(4-5-20-14)16-21-15(19)13-9-12(24-17(13)22-16)10-23-6-2-1-3-7-23/h4-5,8-9H,1-3,6-7,10H2,(H2,19,21,22). The second-order valence-electron chi connectivity index (χ2n) is 6.07. The van der Waals surface area contributed by atoms with Crippen molar-refractivity contribution in [3.8, 4) is 11.4 Å². The zero-order valence-electron chi connectivity index (χ0n) is 13.2. The van der Waals surface area contributed by atoms with E-state index in [-0.39, 0.29) is 0 Å². The number of likely N-dealkylation sites (tertiary alicyclic amines) is 1. The van der Waals surface area contributed by atoms with Crippen molar-refractivity contribution in [1.82, 2.24) is 19.9 Å². The van der Waals surface area contributed by atoms with Gasteiger partial charge in [-0.25, -0.2) is 15.0 Å². The number of rotatable bonds is 3. The summed E-state index contributed by atoms with van der Waals surface area (Å²) in [7, 11) is 0. The molecule has 0 atom stereocenters. The molecule has 1 aliphatic heterocycles. The summed E-state index contributed by atoms with van der Waals surface area (Å²) >= 11 is 7.66. The maximum Gasteiger partial charge on any atom is 0.163 e. The Hall–Kier alpha value is -1.76. The van der Waals surface area contributed by atoms with Crippen molar-refractivity contribution in [2.75, 3.05) is 18.8 Å². The lowest BCUT2D eigenvalue weighted by Crippen LogP contribution is -2.28. The first kappa shape index (κ1) is 15.7. The number of fused-ring (bicyclic) bond motifs is 1. The fourth-order valence-electron chi connectivity index (χ4n) is 3.08. The van der Waals surface area contributed by atoms with Crippen molar-refractivity contribution in [3.05, 3.63) is 34.4 Å². The third-order valence-corrected chi connectivity index (χ3v) is 5.51. The van der Waals surface area contributed by atoms with E-state index in [4.69, 9.17) is 17.3 Å². The lowest BCUT2D eigenvalue weighted by molar-refractivity contribution is 0.223. The van der Waals surface area contributed by atoms with Gasteiger partial charge in [-0.1, -0.05) is 18.0 Å². The first-order valence-electron chi connectivity index (χ1n) is 8.09. The number of nitrogens with zero attached hydrogens (tertiary/aromatic N) is 4. The molecule has 3 aromatic heterocycles. The van der Waals surface area contributed by atoms with E-state index >= 15 is 0 Å².